The summed E-state index contributed by atoms with van der Waals surface area (Å²) in [7, 11) is 0. The van der Waals surface area contributed by atoms with Crippen LogP contribution in [-0.4, -0.2) is 42.0 Å². The van der Waals surface area contributed by atoms with Crippen LogP contribution in [0, 0.1) is 0 Å². The highest BCUT2D eigenvalue weighted by Crippen LogP contribution is 2.29. The molecule has 1 aromatic carbocycles. The van der Waals surface area contributed by atoms with Crippen LogP contribution in [0.15, 0.2) is 59.2 Å². The Morgan fingerprint density at radius 2 is 1.83 bits per heavy atom. The zero-order chi connectivity index (χ0) is 20.4. The van der Waals surface area contributed by atoms with Crippen molar-refractivity contribution in [2.75, 3.05) is 31.1 Å². The molecule has 5 nitrogen and oxygen atoms in total. The number of carbonyl (C=O) groups is 1. The zero-order valence-electron chi connectivity index (χ0n) is 15.4. The Balaban J connectivity index is 1.34. The van der Waals surface area contributed by atoms with E-state index in [-0.39, 0.29) is 5.91 Å². The smallest absolute Gasteiger partial charge is 0.417 e. The van der Waals surface area contributed by atoms with Gasteiger partial charge in [-0.15, -0.1) is 0 Å². The first-order valence-corrected chi connectivity index (χ1v) is 9.14. The first-order valence-electron chi connectivity index (χ1n) is 9.14. The van der Waals surface area contributed by atoms with Crippen molar-refractivity contribution in [3.05, 3.63) is 66.1 Å². The number of rotatable bonds is 3. The van der Waals surface area contributed by atoms with Gasteiger partial charge in [-0.3, -0.25) is 4.79 Å². The zero-order valence-corrected chi connectivity index (χ0v) is 15.4. The SMILES string of the molecule is O=C(/C=C/c1cc2ccccc2o1)N1CCN(c2ccc(C(F)(F)F)cn2)CC1. The van der Waals surface area contributed by atoms with Crippen LogP contribution in [0.3, 0.4) is 0 Å². The number of pyridine rings is 1. The fourth-order valence-electron chi connectivity index (χ4n) is 3.24. The molecule has 8 heteroatoms. The van der Waals surface area contributed by atoms with Crippen LogP contribution in [0.5, 0.6) is 0 Å². The molecule has 1 aliphatic heterocycles. The summed E-state index contributed by atoms with van der Waals surface area (Å²) in [6.45, 7) is 1.93. The lowest BCUT2D eigenvalue weighted by Crippen LogP contribution is -2.48. The van der Waals surface area contributed by atoms with E-state index in [2.05, 4.69) is 4.98 Å². The van der Waals surface area contributed by atoms with E-state index in [0.29, 0.717) is 37.8 Å². The van der Waals surface area contributed by atoms with Crippen molar-refractivity contribution in [1.29, 1.82) is 0 Å². The number of furan rings is 1. The molecule has 3 aromatic rings. The number of piperazine rings is 1. The van der Waals surface area contributed by atoms with Crippen molar-refractivity contribution >= 4 is 28.8 Å². The van der Waals surface area contributed by atoms with Crippen LogP contribution < -0.4 is 4.90 Å². The number of aromatic nitrogens is 1. The second kappa shape index (κ2) is 7.62. The summed E-state index contributed by atoms with van der Waals surface area (Å²) in [6.07, 6.45) is -0.443. The fraction of sp³-hybridized carbons (Fsp3) is 0.238. The van der Waals surface area contributed by atoms with Crippen molar-refractivity contribution in [3.63, 3.8) is 0 Å². The molecule has 1 fully saturated rings. The largest absolute Gasteiger partial charge is 0.457 e. The van der Waals surface area contributed by atoms with Crippen molar-refractivity contribution < 1.29 is 22.4 Å². The van der Waals surface area contributed by atoms with Crippen LogP contribution in [-0.2, 0) is 11.0 Å². The van der Waals surface area contributed by atoms with Gasteiger partial charge in [-0.05, 0) is 30.3 Å². The number of fused-ring (bicyclic) bond motifs is 1. The van der Waals surface area contributed by atoms with E-state index < -0.39 is 11.7 Å². The number of nitrogens with zero attached hydrogens (tertiary/aromatic N) is 3. The van der Waals surface area contributed by atoms with E-state index in [9.17, 15) is 18.0 Å². The van der Waals surface area contributed by atoms with E-state index in [1.807, 2.05) is 35.2 Å². The molecule has 0 radical (unpaired) electrons. The van der Waals surface area contributed by atoms with Crippen LogP contribution in [0.25, 0.3) is 17.0 Å². The number of anilines is 1. The summed E-state index contributed by atoms with van der Waals surface area (Å²) in [5, 5.41) is 0.970. The first-order chi connectivity index (χ1) is 13.9. The number of carbonyl (C=O) groups excluding carboxylic acids is 1. The lowest BCUT2D eigenvalue weighted by Gasteiger charge is -2.35. The highest BCUT2D eigenvalue weighted by atomic mass is 19.4. The molecule has 0 bridgehead atoms. The van der Waals surface area contributed by atoms with Crippen molar-refractivity contribution in [2.24, 2.45) is 0 Å². The second-order valence-corrected chi connectivity index (χ2v) is 6.74. The molecule has 0 unspecified atom stereocenters. The number of hydrogen-bond acceptors (Lipinski definition) is 4. The summed E-state index contributed by atoms with van der Waals surface area (Å²) >= 11 is 0. The predicted molar refractivity (Wildman–Crippen MR) is 103 cm³/mol. The van der Waals surface area contributed by atoms with E-state index in [0.717, 1.165) is 23.2 Å². The van der Waals surface area contributed by atoms with Gasteiger partial charge in [0.1, 0.15) is 17.2 Å². The minimum absolute atomic E-state index is 0.134. The molecule has 1 aliphatic rings. The fourth-order valence-corrected chi connectivity index (χ4v) is 3.24. The predicted octanol–water partition coefficient (Wildman–Crippen LogP) is 4.21. The second-order valence-electron chi connectivity index (χ2n) is 6.74. The van der Waals surface area contributed by atoms with Gasteiger partial charge in [0.2, 0.25) is 5.91 Å². The van der Waals surface area contributed by atoms with Gasteiger partial charge >= 0.3 is 6.18 Å². The maximum absolute atomic E-state index is 12.6. The highest BCUT2D eigenvalue weighted by Gasteiger charge is 2.31. The molecule has 0 saturated carbocycles. The van der Waals surface area contributed by atoms with Crippen molar-refractivity contribution in [1.82, 2.24) is 9.88 Å². The van der Waals surface area contributed by atoms with E-state index >= 15 is 0 Å². The molecule has 0 spiro atoms. The summed E-state index contributed by atoms with van der Waals surface area (Å²) in [4.78, 5) is 19.9. The van der Waals surface area contributed by atoms with Crippen molar-refractivity contribution in [2.45, 2.75) is 6.18 Å². The molecule has 0 aliphatic carbocycles. The minimum atomic E-state index is -4.40. The Morgan fingerprint density at radius 3 is 2.48 bits per heavy atom. The van der Waals surface area contributed by atoms with Gasteiger partial charge < -0.3 is 14.2 Å². The quantitative estimate of drug-likeness (QED) is 0.617. The minimum Gasteiger partial charge on any atom is -0.457 e. The number of amides is 1. The molecule has 2 aromatic heterocycles. The van der Waals surface area contributed by atoms with Gasteiger partial charge in [0.25, 0.3) is 0 Å². The average molecular weight is 401 g/mol. The van der Waals surface area contributed by atoms with Gasteiger partial charge in [0.15, 0.2) is 0 Å². The normalized spacial score (nSPS) is 15.4. The number of hydrogen-bond donors (Lipinski definition) is 0. The number of halogens is 3. The van der Waals surface area contributed by atoms with Crippen LogP contribution in [0.2, 0.25) is 0 Å². The Hall–Kier alpha value is -3.29. The van der Waals surface area contributed by atoms with Gasteiger partial charge in [-0.2, -0.15) is 13.2 Å². The van der Waals surface area contributed by atoms with E-state index in [4.69, 9.17) is 4.42 Å². The Bertz CT molecular complexity index is 1000. The molecule has 150 valence electrons. The number of benzene rings is 1. The maximum Gasteiger partial charge on any atom is 0.417 e. The molecule has 0 atom stereocenters. The first kappa shape index (κ1) is 19.0. The molecular weight excluding hydrogens is 383 g/mol. The lowest BCUT2D eigenvalue weighted by atomic mass is 10.2. The summed E-state index contributed by atoms with van der Waals surface area (Å²) in [6, 6.07) is 11.9. The topological polar surface area (TPSA) is 49.6 Å². The van der Waals surface area contributed by atoms with Gasteiger partial charge in [0, 0.05) is 43.8 Å². The van der Waals surface area contributed by atoms with Crippen LogP contribution >= 0.6 is 0 Å². The molecule has 4 rings (SSSR count). The Kier molecular flexibility index (Phi) is 5.00. The molecule has 0 N–H and O–H groups in total. The summed E-state index contributed by atoms with van der Waals surface area (Å²) < 4.78 is 43.6. The maximum atomic E-state index is 12.6. The standard InChI is InChI=1S/C21H18F3N3O2/c22-21(23,24)16-5-7-19(25-14-16)26-9-11-27(12-10-26)20(28)8-6-17-13-15-3-1-2-4-18(15)29-17/h1-8,13-14H,9-12H2/b8-6+. The average Bonchev–Trinajstić information content (AvgIpc) is 3.15. The molecule has 29 heavy (non-hydrogen) atoms. The van der Waals surface area contributed by atoms with E-state index in [1.165, 1.54) is 12.1 Å². The molecule has 1 amide bonds. The lowest BCUT2D eigenvalue weighted by molar-refractivity contribution is -0.137. The Labute approximate surface area is 165 Å². The van der Waals surface area contributed by atoms with Gasteiger partial charge in [0.05, 0.1) is 5.56 Å². The number of para-hydroxylation sites is 1. The van der Waals surface area contributed by atoms with E-state index in [1.54, 1.807) is 11.0 Å². The van der Waals surface area contributed by atoms with Crippen LogP contribution in [0.1, 0.15) is 11.3 Å². The van der Waals surface area contributed by atoms with Crippen molar-refractivity contribution in [3.8, 4) is 0 Å². The van der Waals surface area contributed by atoms with Gasteiger partial charge in [-0.25, -0.2) is 4.98 Å². The van der Waals surface area contributed by atoms with Crippen LogP contribution in [0.4, 0.5) is 19.0 Å². The molecule has 1 saturated heterocycles. The third-order valence-electron chi connectivity index (χ3n) is 4.83. The summed E-state index contributed by atoms with van der Waals surface area (Å²) in [5.74, 6) is 0.945. The third-order valence-corrected chi connectivity index (χ3v) is 4.83. The molecule has 3 heterocycles. The molecular formula is C21H18F3N3O2. The summed E-state index contributed by atoms with van der Waals surface area (Å²) in [5.41, 5.74) is -0.0111. The third kappa shape index (κ3) is 4.26. The highest BCUT2D eigenvalue weighted by molar-refractivity contribution is 5.92. The number of alkyl halides is 3. The Morgan fingerprint density at radius 1 is 1.07 bits per heavy atom. The van der Waals surface area contributed by atoms with Gasteiger partial charge in [-0.1, -0.05) is 18.2 Å². The monoisotopic (exact) mass is 401 g/mol.